The van der Waals surface area contributed by atoms with Crippen molar-refractivity contribution < 1.29 is 42.9 Å². The molecule has 90 heavy (non-hydrogen) atoms. The number of likely N-dealkylation sites (N-methyl/N-ethyl adjacent to an activating group) is 1. The standard InChI is InChI=1S/C81H137NO8/c1-6-8-10-12-14-16-18-20-22-24-26-28-30-32-33-34-35-36-37-38-39-40-41-42-43-44-45-46-47-48-50-52-54-56-58-60-62-64-66-68-70-72-79(84)90-77(76-89-81(80(85)86)87-74-73-82(3,4)5)75-88-78(83)71-69-67-65-63-61-59-57-55-53-51-49-31-29-27-25-23-21-19-17-15-13-11-9-7-2/h8,10,14,16,20,22,26,28,32-33,35-36,38-39,41-42,44-45,47-48,52,54,77,81H,6-7,9,11-13,15,17-19,21,23-25,27,29-31,34,37,40,43,46,49-51,53,55-76H2,1-5H3/p+1/b10-8-,16-14-,22-20-,28-26-,33-32-,36-35-,39-38-,42-41-,45-44-,48-47-,54-52-. The number of allylic oxidation sites excluding steroid dienone is 22. The predicted molar refractivity (Wildman–Crippen MR) is 387 cm³/mol. The summed E-state index contributed by atoms with van der Waals surface area (Å²) in [5.41, 5.74) is 0. The van der Waals surface area contributed by atoms with Gasteiger partial charge in [-0.1, -0.05) is 327 Å². The summed E-state index contributed by atoms with van der Waals surface area (Å²) < 4.78 is 23.0. The van der Waals surface area contributed by atoms with Gasteiger partial charge in [0.25, 0.3) is 6.29 Å². The Morgan fingerprint density at radius 1 is 0.344 bits per heavy atom. The molecule has 0 fully saturated rings. The number of nitrogens with zero attached hydrogens (tertiary/aromatic N) is 1. The lowest BCUT2D eigenvalue weighted by Crippen LogP contribution is -2.40. The third kappa shape index (κ3) is 70.9. The van der Waals surface area contributed by atoms with Gasteiger partial charge < -0.3 is 28.5 Å². The number of carbonyl (C=O) groups is 3. The van der Waals surface area contributed by atoms with Crippen molar-refractivity contribution in [3.8, 4) is 0 Å². The zero-order valence-electron chi connectivity index (χ0n) is 58.8. The van der Waals surface area contributed by atoms with E-state index in [2.05, 4.69) is 148 Å². The second-order valence-corrected chi connectivity index (χ2v) is 25.5. The largest absolute Gasteiger partial charge is 0.477 e. The maximum Gasteiger partial charge on any atom is 0.361 e. The molecule has 2 unspecified atom stereocenters. The Morgan fingerprint density at radius 2 is 0.633 bits per heavy atom. The number of carbonyl (C=O) groups excluding carboxylic acids is 2. The molecule has 0 aliphatic heterocycles. The Hall–Kier alpha value is -4.57. The van der Waals surface area contributed by atoms with E-state index < -0.39 is 24.3 Å². The fourth-order valence-electron chi connectivity index (χ4n) is 10.1. The summed E-state index contributed by atoms with van der Waals surface area (Å²) in [5, 5.41) is 9.75. The van der Waals surface area contributed by atoms with Crippen molar-refractivity contribution in [2.45, 2.75) is 315 Å². The van der Waals surface area contributed by atoms with E-state index in [9.17, 15) is 19.5 Å². The SMILES string of the molecule is CC/C=C\C/C=C\C/C=C\C/C=C\C/C=C\C/C=C\C/C=C\C/C=C\C/C=C\C/C=C\C/C=C\CCCCCCCCCC(=O)OC(COC(=O)CCCCCCCCCCCCCCCCCCCCCCCCCC)COC(OCC[N+](C)(C)C)C(=O)O. The van der Waals surface area contributed by atoms with Crippen LogP contribution in [0.5, 0.6) is 0 Å². The molecule has 0 aromatic rings. The maximum atomic E-state index is 13.0. The maximum absolute atomic E-state index is 13.0. The monoisotopic (exact) mass is 1250 g/mol. The molecule has 0 aliphatic carbocycles. The summed E-state index contributed by atoms with van der Waals surface area (Å²) in [7, 11) is 5.97. The molecule has 0 aliphatic rings. The van der Waals surface area contributed by atoms with Crippen LogP contribution in [-0.2, 0) is 33.3 Å². The van der Waals surface area contributed by atoms with Gasteiger partial charge in [-0.15, -0.1) is 0 Å². The molecular weight excluding hydrogens is 1110 g/mol. The van der Waals surface area contributed by atoms with E-state index >= 15 is 0 Å². The number of aliphatic carboxylic acids is 1. The smallest absolute Gasteiger partial charge is 0.361 e. The molecule has 0 spiro atoms. The van der Waals surface area contributed by atoms with Gasteiger partial charge in [0.15, 0.2) is 6.10 Å². The molecule has 0 saturated carbocycles. The van der Waals surface area contributed by atoms with Crippen molar-refractivity contribution in [2.75, 3.05) is 47.5 Å². The molecule has 9 nitrogen and oxygen atoms in total. The van der Waals surface area contributed by atoms with Gasteiger partial charge in [0.2, 0.25) is 0 Å². The molecule has 514 valence electrons. The number of rotatable bonds is 67. The molecule has 0 bridgehead atoms. The van der Waals surface area contributed by atoms with Crippen LogP contribution in [0.4, 0.5) is 0 Å². The van der Waals surface area contributed by atoms with Gasteiger partial charge in [-0.25, -0.2) is 4.79 Å². The van der Waals surface area contributed by atoms with Crippen molar-refractivity contribution in [1.29, 1.82) is 0 Å². The van der Waals surface area contributed by atoms with Crippen LogP contribution in [0.2, 0.25) is 0 Å². The van der Waals surface area contributed by atoms with Crippen LogP contribution in [-0.4, -0.2) is 87.4 Å². The highest BCUT2D eigenvalue weighted by Crippen LogP contribution is 2.17. The first-order chi connectivity index (χ1) is 44.1. The number of ether oxygens (including phenoxy) is 4. The topological polar surface area (TPSA) is 108 Å². The van der Waals surface area contributed by atoms with Crippen LogP contribution in [0.25, 0.3) is 0 Å². The molecule has 0 amide bonds. The first-order valence-corrected chi connectivity index (χ1v) is 36.8. The summed E-state index contributed by atoms with van der Waals surface area (Å²) in [4.78, 5) is 37.6. The van der Waals surface area contributed by atoms with Crippen molar-refractivity contribution in [1.82, 2.24) is 0 Å². The number of carboxylic acids is 1. The molecular formula is C81H138NO8+. The van der Waals surface area contributed by atoms with Crippen LogP contribution in [0.3, 0.4) is 0 Å². The fraction of sp³-hybridized carbons (Fsp3) is 0.691. The lowest BCUT2D eigenvalue weighted by molar-refractivity contribution is -0.870. The number of carboxylic acid groups (broad SMARTS) is 1. The van der Waals surface area contributed by atoms with E-state index in [1.54, 1.807) is 0 Å². The minimum Gasteiger partial charge on any atom is -0.477 e. The highest BCUT2D eigenvalue weighted by molar-refractivity contribution is 5.71. The Kier molecular flexibility index (Phi) is 66.7. The van der Waals surface area contributed by atoms with Crippen molar-refractivity contribution >= 4 is 17.9 Å². The zero-order chi connectivity index (χ0) is 65.4. The zero-order valence-corrected chi connectivity index (χ0v) is 58.8. The van der Waals surface area contributed by atoms with Gasteiger partial charge in [-0.2, -0.15) is 0 Å². The summed E-state index contributed by atoms with van der Waals surface area (Å²) in [6, 6.07) is 0. The van der Waals surface area contributed by atoms with Gasteiger partial charge in [-0.05, 0) is 96.3 Å². The average Bonchev–Trinajstić information content (AvgIpc) is 3.73. The molecule has 1 N–H and O–H groups in total. The van der Waals surface area contributed by atoms with Crippen molar-refractivity contribution in [2.24, 2.45) is 0 Å². The normalized spacial score (nSPS) is 13.5. The van der Waals surface area contributed by atoms with Crippen molar-refractivity contribution in [3.63, 3.8) is 0 Å². The average molecular weight is 1250 g/mol. The second-order valence-electron chi connectivity index (χ2n) is 25.5. The van der Waals surface area contributed by atoms with Crippen LogP contribution < -0.4 is 0 Å². The molecule has 0 aromatic carbocycles. The fourth-order valence-corrected chi connectivity index (χ4v) is 10.1. The molecule has 0 saturated heterocycles. The Balaban J connectivity index is 4.16. The minimum absolute atomic E-state index is 0.181. The number of hydrogen-bond donors (Lipinski definition) is 1. The van der Waals surface area contributed by atoms with E-state index in [0.29, 0.717) is 23.9 Å². The summed E-state index contributed by atoms with van der Waals surface area (Å²) in [6.45, 7) is 4.78. The molecule has 0 radical (unpaired) electrons. The lowest BCUT2D eigenvalue weighted by Gasteiger charge is -2.25. The third-order valence-corrected chi connectivity index (χ3v) is 15.7. The van der Waals surface area contributed by atoms with Crippen LogP contribution >= 0.6 is 0 Å². The number of hydrogen-bond acceptors (Lipinski definition) is 7. The summed E-state index contributed by atoms with van der Waals surface area (Å²) in [5.74, 6) is -2.02. The Morgan fingerprint density at radius 3 is 0.944 bits per heavy atom. The number of esters is 2. The van der Waals surface area contributed by atoms with Crippen LogP contribution in [0.1, 0.15) is 303 Å². The van der Waals surface area contributed by atoms with Gasteiger partial charge in [-0.3, -0.25) is 9.59 Å². The van der Waals surface area contributed by atoms with Crippen LogP contribution in [0, 0.1) is 0 Å². The number of unbranched alkanes of at least 4 members (excludes halogenated alkanes) is 30. The minimum atomic E-state index is -1.52. The first kappa shape index (κ1) is 85.4. The summed E-state index contributed by atoms with van der Waals surface area (Å²) in [6.07, 6.45) is 98.6. The Bertz CT molecular complexity index is 1940. The van der Waals surface area contributed by atoms with Crippen molar-refractivity contribution in [3.05, 3.63) is 134 Å². The van der Waals surface area contributed by atoms with E-state index in [-0.39, 0.29) is 32.2 Å². The van der Waals surface area contributed by atoms with E-state index in [1.165, 1.54) is 154 Å². The second kappa shape index (κ2) is 70.3. The van der Waals surface area contributed by atoms with Gasteiger partial charge >= 0.3 is 17.9 Å². The highest BCUT2D eigenvalue weighted by Gasteiger charge is 2.25. The van der Waals surface area contributed by atoms with Gasteiger partial charge in [0, 0.05) is 12.8 Å². The number of quaternary nitrogens is 1. The van der Waals surface area contributed by atoms with E-state index in [0.717, 1.165) is 116 Å². The van der Waals surface area contributed by atoms with E-state index in [4.69, 9.17) is 18.9 Å². The lowest BCUT2D eigenvalue weighted by atomic mass is 10.0. The summed E-state index contributed by atoms with van der Waals surface area (Å²) >= 11 is 0. The molecule has 2 atom stereocenters. The quantitative estimate of drug-likeness (QED) is 0.0211. The molecule has 9 heteroatoms. The molecule has 0 rings (SSSR count). The molecule has 0 heterocycles. The van der Waals surface area contributed by atoms with Gasteiger partial charge in [0.1, 0.15) is 13.2 Å². The molecule has 0 aromatic heterocycles. The van der Waals surface area contributed by atoms with E-state index in [1.807, 2.05) is 21.1 Å². The highest BCUT2D eigenvalue weighted by atomic mass is 16.7. The Labute approximate surface area is 554 Å². The van der Waals surface area contributed by atoms with Crippen LogP contribution in [0.15, 0.2) is 134 Å². The predicted octanol–water partition coefficient (Wildman–Crippen LogP) is 23.3. The third-order valence-electron chi connectivity index (χ3n) is 15.7. The first-order valence-electron chi connectivity index (χ1n) is 36.8. The van der Waals surface area contributed by atoms with Gasteiger partial charge in [0.05, 0.1) is 34.4 Å².